The van der Waals surface area contributed by atoms with E-state index in [2.05, 4.69) is 44.5 Å². The van der Waals surface area contributed by atoms with Gasteiger partial charge in [0, 0.05) is 56.4 Å². The molecule has 2 fully saturated rings. The first-order valence-corrected chi connectivity index (χ1v) is 11.5. The number of ether oxygens (including phenoxy) is 1. The van der Waals surface area contributed by atoms with Gasteiger partial charge in [-0.15, -0.1) is 0 Å². The number of aromatic nitrogens is 3. The molecule has 0 radical (unpaired) electrons. The van der Waals surface area contributed by atoms with E-state index in [4.69, 9.17) is 15.5 Å². The number of morpholine rings is 1. The van der Waals surface area contributed by atoms with Gasteiger partial charge in [-0.1, -0.05) is 12.1 Å². The number of pyridine rings is 1. The van der Waals surface area contributed by atoms with Gasteiger partial charge in [0.25, 0.3) is 0 Å². The summed E-state index contributed by atoms with van der Waals surface area (Å²) in [5.74, 6) is 1.19. The number of nitrogens with one attached hydrogen (secondary N) is 1. The van der Waals surface area contributed by atoms with Crippen molar-refractivity contribution >= 4 is 28.6 Å². The summed E-state index contributed by atoms with van der Waals surface area (Å²) in [7, 11) is 0. The van der Waals surface area contributed by atoms with Gasteiger partial charge in [0.15, 0.2) is 5.82 Å². The molecule has 2 saturated heterocycles. The zero-order valence-corrected chi connectivity index (χ0v) is 18.6. The first-order chi connectivity index (χ1) is 16.2. The fourth-order valence-electron chi connectivity index (χ4n) is 4.51. The Morgan fingerprint density at radius 1 is 1.06 bits per heavy atom. The largest absolute Gasteiger partial charge is 0.378 e. The molecule has 4 heterocycles. The van der Waals surface area contributed by atoms with E-state index in [1.807, 2.05) is 6.07 Å². The number of carbonyl (C=O) groups is 1. The smallest absolute Gasteiger partial charge is 0.314 e. The molecule has 2 aromatic heterocycles. The number of amides is 2. The SMILES string of the molecule is NC(=O)N1CCC(CNc2nc(-c3ccc(N4CCOCC4)cc3)cc3nccnc23)CC1. The summed E-state index contributed by atoms with van der Waals surface area (Å²) in [5.41, 5.74) is 10.1. The van der Waals surface area contributed by atoms with Crippen LogP contribution in [0.25, 0.3) is 22.3 Å². The van der Waals surface area contributed by atoms with Crippen molar-refractivity contribution in [3.05, 3.63) is 42.7 Å². The number of fused-ring (bicyclic) bond motifs is 1. The topological polar surface area (TPSA) is 110 Å². The summed E-state index contributed by atoms with van der Waals surface area (Å²) >= 11 is 0. The van der Waals surface area contributed by atoms with Gasteiger partial charge in [-0.05, 0) is 37.0 Å². The number of hydrogen-bond donors (Lipinski definition) is 2. The zero-order chi connectivity index (χ0) is 22.6. The van der Waals surface area contributed by atoms with Crippen LogP contribution in [0.3, 0.4) is 0 Å². The van der Waals surface area contributed by atoms with Crippen LogP contribution < -0.4 is 16.0 Å². The lowest BCUT2D eigenvalue weighted by Crippen LogP contribution is -2.42. The average molecular weight is 448 g/mol. The minimum absolute atomic E-state index is 0.336. The van der Waals surface area contributed by atoms with Crippen molar-refractivity contribution in [1.82, 2.24) is 19.9 Å². The maximum atomic E-state index is 11.4. The van der Waals surface area contributed by atoms with Crippen molar-refractivity contribution in [2.24, 2.45) is 11.7 Å². The Morgan fingerprint density at radius 3 is 2.52 bits per heavy atom. The Morgan fingerprint density at radius 2 is 1.79 bits per heavy atom. The van der Waals surface area contributed by atoms with Crippen molar-refractivity contribution in [2.45, 2.75) is 12.8 Å². The Labute approximate surface area is 193 Å². The first kappa shape index (κ1) is 21.4. The first-order valence-electron chi connectivity index (χ1n) is 11.5. The minimum Gasteiger partial charge on any atom is -0.378 e. The highest BCUT2D eigenvalue weighted by Crippen LogP contribution is 2.28. The predicted molar refractivity (Wildman–Crippen MR) is 128 cm³/mol. The van der Waals surface area contributed by atoms with E-state index in [1.54, 1.807) is 17.3 Å². The van der Waals surface area contributed by atoms with E-state index in [0.717, 1.165) is 73.8 Å². The number of likely N-dealkylation sites (tertiary alicyclic amines) is 1. The van der Waals surface area contributed by atoms with Gasteiger partial charge in [0.2, 0.25) is 0 Å². The number of nitrogens with zero attached hydrogens (tertiary/aromatic N) is 5. The van der Waals surface area contributed by atoms with Crippen LogP contribution >= 0.6 is 0 Å². The van der Waals surface area contributed by atoms with E-state index in [9.17, 15) is 4.79 Å². The normalized spacial score (nSPS) is 17.3. The van der Waals surface area contributed by atoms with E-state index in [-0.39, 0.29) is 6.03 Å². The van der Waals surface area contributed by atoms with Crippen LogP contribution in [0.4, 0.5) is 16.3 Å². The average Bonchev–Trinajstić information content (AvgIpc) is 2.88. The molecule has 0 spiro atoms. The summed E-state index contributed by atoms with van der Waals surface area (Å²) in [6.45, 7) is 5.53. The van der Waals surface area contributed by atoms with Crippen LogP contribution in [0.1, 0.15) is 12.8 Å². The molecule has 0 bridgehead atoms. The molecule has 2 aliphatic rings. The van der Waals surface area contributed by atoms with Crippen molar-refractivity contribution in [3.8, 4) is 11.3 Å². The standard InChI is InChI=1S/C24H29N7O2/c25-24(32)31-9-5-17(6-10-31)16-28-23-22-21(26-7-8-27-22)15-20(29-23)18-1-3-19(4-2-18)30-11-13-33-14-12-30/h1-4,7-8,15,17H,5-6,9-14,16H2,(H2,25,32)(H,28,29). The number of anilines is 2. The van der Waals surface area contributed by atoms with Crippen molar-refractivity contribution < 1.29 is 9.53 Å². The molecule has 3 N–H and O–H groups in total. The van der Waals surface area contributed by atoms with Crippen LogP contribution in [0, 0.1) is 5.92 Å². The summed E-state index contributed by atoms with van der Waals surface area (Å²) < 4.78 is 5.46. The fourth-order valence-corrected chi connectivity index (χ4v) is 4.51. The van der Waals surface area contributed by atoms with Crippen LogP contribution in [-0.2, 0) is 4.74 Å². The third-order valence-electron chi connectivity index (χ3n) is 6.48. The second kappa shape index (κ2) is 9.58. The monoisotopic (exact) mass is 447 g/mol. The molecule has 0 unspecified atom stereocenters. The van der Waals surface area contributed by atoms with Crippen LogP contribution in [-0.4, -0.2) is 71.8 Å². The number of hydrogen-bond acceptors (Lipinski definition) is 7. The molecule has 5 rings (SSSR count). The summed E-state index contributed by atoms with van der Waals surface area (Å²) in [6.07, 6.45) is 5.23. The number of urea groups is 1. The molecular formula is C24H29N7O2. The third kappa shape index (κ3) is 4.83. The van der Waals surface area contributed by atoms with Crippen molar-refractivity contribution in [1.29, 1.82) is 0 Å². The second-order valence-corrected chi connectivity index (χ2v) is 8.58. The Balaban J connectivity index is 1.34. The highest BCUT2D eigenvalue weighted by Gasteiger charge is 2.21. The van der Waals surface area contributed by atoms with E-state index in [1.165, 1.54) is 5.69 Å². The maximum Gasteiger partial charge on any atom is 0.314 e. The molecular weight excluding hydrogens is 418 g/mol. The number of nitrogens with two attached hydrogens (primary N) is 1. The zero-order valence-electron chi connectivity index (χ0n) is 18.6. The molecule has 0 atom stereocenters. The number of carbonyl (C=O) groups excluding carboxylic acids is 1. The highest BCUT2D eigenvalue weighted by atomic mass is 16.5. The van der Waals surface area contributed by atoms with E-state index < -0.39 is 0 Å². The van der Waals surface area contributed by atoms with Gasteiger partial charge in [-0.3, -0.25) is 4.98 Å². The van der Waals surface area contributed by atoms with E-state index >= 15 is 0 Å². The molecule has 2 amide bonds. The number of piperidine rings is 1. The van der Waals surface area contributed by atoms with Gasteiger partial charge >= 0.3 is 6.03 Å². The molecule has 3 aromatic rings. The number of rotatable bonds is 5. The van der Waals surface area contributed by atoms with Crippen molar-refractivity contribution in [3.63, 3.8) is 0 Å². The lowest BCUT2D eigenvalue weighted by atomic mass is 9.97. The lowest BCUT2D eigenvalue weighted by Gasteiger charge is -2.30. The summed E-state index contributed by atoms with van der Waals surface area (Å²) in [5, 5.41) is 3.50. The van der Waals surface area contributed by atoms with Crippen LogP contribution in [0.2, 0.25) is 0 Å². The summed E-state index contributed by atoms with van der Waals surface area (Å²) in [6, 6.07) is 10.2. The molecule has 9 nitrogen and oxygen atoms in total. The van der Waals surface area contributed by atoms with Gasteiger partial charge in [-0.2, -0.15) is 0 Å². The molecule has 33 heavy (non-hydrogen) atoms. The van der Waals surface area contributed by atoms with Gasteiger partial charge in [0.1, 0.15) is 5.52 Å². The number of benzene rings is 1. The van der Waals surface area contributed by atoms with Gasteiger partial charge in [0.05, 0.1) is 24.4 Å². The van der Waals surface area contributed by atoms with Crippen molar-refractivity contribution in [2.75, 3.05) is 56.2 Å². The van der Waals surface area contributed by atoms with Gasteiger partial charge in [-0.25, -0.2) is 14.8 Å². The third-order valence-corrected chi connectivity index (χ3v) is 6.48. The Hall–Kier alpha value is -3.46. The second-order valence-electron chi connectivity index (χ2n) is 8.58. The minimum atomic E-state index is -0.336. The fraction of sp³-hybridized carbons (Fsp3) is 0.417. The molecule has 0 aliphatic carbocycles. The number of primary amides is 1. The summed E-state index contributed by atoms with van der Waals surface area (Å²) in [4.78, 5) is 29.4. The van der Waals surface area contributed by atoms with E-state index in [0.29, 0.717) is 19.0 Å². The molecule has 9 heteroatoms. The molecule has 1 aromatic carbocycles. The van der Waals surface area contributed by atoms with Crippen LogP contribution in [0.15, 0.2) is 42.7 Å². The molecule has 2 aliphatic heterocycles. The quantitative estimate of drug-likeness (QED) is 0.619. The maximum absolute atomic E-state index is 11.4. The highest BCUT2D eigenvalue weighted by molar-refractivity contribution is 5.88. The predicted octanol–water partition coefficient (Wildman–Crippen LogP) is 2.73. The Bertz CT molecular complexity index is 1110. The molecule has 172 valence electrons. The van der Waals surface area contributed by atoms with Crippen LogP contribution in [0.5, 0.6) is 0 Å². The molecule has 0 saturated carbocycles. The Kier molecular flexibility index (Phi) is 6.21. The lowest BCUT2D eigenvalue weighted by molar-refractivity contribution is 0.122. The van der Waals surface area contributed by atoms with Gasteiger partial charge < -0.3 is 25.6 Å².